The molecule has 0 saturated carbocycles. The van der Waals surface area contributed by atoms with E-state index >= 15 is 0 Å². The molecule has 0 fully saturated rings. The molecule has 0 saturated heterocycles. The van der Waals surface area contributed by atoms with Crippen LogP contribution in [-0.2, 0) is 13.1 Å². The number of halogens is 2. The van der Waals surface area contributed by atoms with Crippen LogP contribution in [0.3, 0.4) is 0 Å². The molecule has 1 aromatic heterocycles. The number of rotatable bonds is 7. The minimum Gasteiger partial charge on any atom is -0.338 e. The highest BCUT2D eigenvalue weighted by molar-refractivity contribution is 6.42. The third-order valence-electron chi connectivity index (χ3n) is 3.67. The van der Waals surface area contributed by atoms with Crippen LogP contribution in [0.4, 0.5) is 4.79 Å². The number of carbonyl (C=O) groups excluding carboxylic acids is 1. The average Bonchev–Trinajstić information content (AvgIpc) is 3.00. The van der Waals surface area contributed by atoms with Gasteiger partial charge in [-0.15, -0.1) is 0 Å². The van der Waals surface area contributed by atoms with Gasteiger partial charge in [0.2, 0.25) is 0 Å². The van der Waals surface area contributed by atoms with E-state index < -0.39 is 0 Å². The van der Waals surface area contributed by atoms with Gasteiger partial charge >= 0.3 is 6.03 Å². The van der Waals surface area contributed by atoms with Crippen molar-refractivity contribution in [1.82, 2.24) is 19.8 Å². The number of imidazole rings is 1. The lowest BCUT2D eigenvalue weighted by Gasteiger charge is -2.21. The van der Waals surface area contributed by atoms with Crippen molar-refractivity contribution in [1.29, 1.82) is 0 Å². The Bertz CT molecular complexity index is 687. The fraction of sp³-hybridized carbons (Fsp3) is 0.412. The molecule has 2 rings (SSSR count). The van der Waals surface area contributed by atoms with Crippen molar-refractivity contribution < 1.29 is 4.79 Å². The van der Waals surface area contributed by atoms with Crippen LogP contribution < -0.4 is 5.32 Å². The minimum absolute atomic E-state index is 0.0663. The largest absolute Gasteiger partial charge is 0.338 e. The Morgan fingerprint density at radius 3 is 2.75 bits per heavy atom. The standard InChI is InChI=1S/C17H22Cl2N4O/c1-3-7-21-17(24)22(4-2)12-16-20-8-9-23(16)11-13-5-6-14(18)15(19)10-13/h5-6,8-10H,3-4,7,11-12H2,1-2H3,(H,21,24). The molecule has 130 valence electrons. The van der Waals surface area contributed by atoms with Crippen molar-refractivity contribution in [3.8, 4) is 0 Å². The second-order valence-corrected chi connectivity index (χ2v) is 6.28. The van der Waals surface area contributed by atoms with E-state index in [2.05, 4.69) is 10.3 Å². The molecule has 2 aromatic rings. The van der Waals surface area contributed by atoms with Crippen LogP contribution >= 0.6 is 23.2 Å². The summed E-state index contributed by atoms with van der Waals surface area (Å²) in [6.45, 7) is 6.36. The predicted octanol–water partition coefficient (Wildman–Crippen LogP) is 4.18. The molecular formula is C17H22Cl2N4O. The Balaban J connectivity index is 2.08. The molecule has 0 atom stereocenters. The zero-order chi connectivity index (χ0) is 17.5. The SMILES string of the molecule is CCCNC(=O)N(CC)Cc1nccn1Cc1ccc(Cl)c(Cl)c1. The van der Waals surface area contributed by atoms with Gasteiger partial charge in [-0.25, -0.2) is 9.78 Å². The second kappa shape index (κ2) is 8.94. The van der Waals surface area contributed by atoms with Crippen LogP contribution in [0.2, 0.25) is 10.0 Å². The van der Waals surface area contributed by atoms with Crippen molar-refractivity contribution in [3.05, 3.63) is 52.0 Å². The van der Waals surface area contributed by atoms with Crippen LogP contribution in [0.5, 0.6) is 0 Å². The van der Waals surface area contributed by atoms with Crippen LogP contribution in [0.15, 0.2) is 30.6 Å². The summed E-state index contributed by atoms with van der Waals surface area (Å²) in [5.74, 6) is 0.828. The number of carbonyl (C=O) groups is 1. The number of urea groups is 1. The van der Waals surface area contributed by atoms with Gasteiger partial charge in [0.05, 0.1) is 16.6 Å². The topological polar surface area (TPSA) is 50.2 Å². The van der Waals surface area contributed by atoms with Crippen molar-refractivity contribution in [2.45, 2.75) is 33.4 Å². The predicted molar refractivity (Wildman–Crippen MR) is 97.6 cm³/mol. The summed E-state index contributed by atoms with van der Waals surface area (Å²) >= 11 is 12.0. The van der Waals surface area contributed by atoms with Gasteiger partial charge in [0, 0.05) is 32.0 Å². The molecule has 5 nitrogen and oxygen atoms in total. The molecule has 1 N–H and O–H groups in total. The molecule has 0 aliphatic carbocycles. The van der Waals surface area contributed by atoms with Gasteiger partial charge in [-0.3, -0.25) is 0 Å². The molecule has 0 spiro atoms. The summed E-state index contributed by atoms with van der Waals surface area (Å²) in [5, 5.41) is 3.97. The highest BCUT2D eigenvalue weighted by Gasteiger charge is 2.14. The lowest BCUT2D eigenvalue weighted by molar-refractivity contribution is 0.196. The Morgan fingerprint density at radius 2 is 2.08 bits per heavy atom. The zero-order valence-corrected chi connectivity index (χ0v) is 15.4. The van der Waals surface area contributed by atoms with Gasteiger partial charge in [-0.1, -0.05) is 36.2 Å². The van der Waals surface area contributed by atoms with Crippen LogP contribution in [0.1, 0.15) is 31.7 Å². The van der Waals surface area contributed by atoms with Crippen LogP contribution in [0, 0.1) is 0 Å². The summed E-state index contributed by atoms with van der Waals surface area (Å²) in [4.78, 5) is 18.3. The Hall–Kier alpha value is -1.72. The number of nitrogens with zero attached hydrogens (tertiary/aromatic N) is 3. The third-order valence-corrected chi connectivity index (χ3v) is 4.41. The quantitative estimate of drug-likeness (QED) is 0.796. The Morgan fingerprint density at radius 1 is 1.29 bits per heavy atom. The van der Waals surface area contributed by atoms with E-state index in [1.165, 1.54) is 0 Å². The Labute approximate surface area is 152 Å². The van der Waals surface area contributed by atoms with E-state index in [9.17, 15) is 4.79 Å². The molecule has 7 heteroatoms. The summed E-state index contributed by atoms with van der Waals surface area (Å²) in [6.07, 6.45) is 4.55. The second-order valence-electron chi connectivity index (χ2n) is 5.47. The van der Waals surface area contributed by atoms with Gasteiger partial charge < -0.3 is 14.8 Å². The first kappa shape index (κ1) is 18.6. The Kier molecular flexibility index (Phi) is 6.94. The van der Waals surface area contributed by atoms with Gasteiger partial charge in [0.1, 0.15) is 5.82 Å². The zero-order valence-electron chi connectivity index (χ0n) is 13.9. The van der Waals surface area contributed by atoms with Crippen LogP contribution in [-0.4, -0.2) is 33.6 Å². The lowest BCUT2D eigenvalue weighted by Crippen LogP contribution is -2.40. The van der Waals surface area contributed by atoms with Crippen molar-refractivity contribution in [2.24, 2.45) is 0 Å². The number of hydrogen-bond acceptors (Lipinski definition) is 2. The smallest absolute Gasteiger partial charge is 0.317 e. The molecule has 0 aliphatic heterocycles. The van der Waals surface area contributed by atoms with Gasteiger partial charge in [0.25, 0.3) is 0 Å². The summed E-state index contributed by atoms with van der Waals surface area (Å²) in [6, 6.07) is 5.50. The number of amides is 2. The highest BCUT2D eigenvalue weighted by Crippen LogP contribution is 2.23. The first-order valence-electron chi connectivity index (χ1n) is 8.01. The minimum atomic E-state index is -0.0663. The number of aromatic nitrogens is 2. The normalized spacial score (nSPS) is 10.7. The van der Waals surface area contributed by atoms with Gasteiger partial charge in [-0.2, -0.15) is 0 Å². The molecule has 2 amide bonds. The van der Waals surface area contributed by atoms with E-state index in [-0.39, 0.29) is 6.03 Å². The monoisotopic (exact) mass is 368 g/mol. The summed E-state index contributed by atoms with van der Waals surface area (Å²) in [7, 11) is 0. The summed E-state index contributed by atoms with van der Waals surface area (Å²) < 4.78 is 2.01. The van der Waals surface area contributed by atoms with Gasteiger partial charge in [0.15, 0.2) is 0 Å². The van der Waals surface area contributed by atoms with Crippen molar-refractivity contribution in [3.63, 3.8) is 0 Å². The molecule has 0 unspecified atom stereocenters. The van der Waals surface area contributed by atoms with Gasteiger partial charge in [-0.05, 0) is 31.0 Å². The van der Waals surface area contributed by atoms with Crippen molar-refractivity contribution in [2.75, 3.05) is 13.1 Å². The molecule has 0 aliphatic rings. The van der Waals surface area contributed by atoms with E-state index in [1.54, 1.807) is 17.2 Å². The molecule has 24 heavy (non-hydrogen) atoms. The molecule has 1 heterocycles. The number of nitrogens with one attached hydrogen (secondary N) is 1. The lowest BCUT2D eigenvalue weighted by atomic mass is 10.2. The number of benzene rings is 1. The fourth-order valence-corrected chi connectivity index (χ4v) is 2.63. The van der Waals surface area contributed by atoms with E-state index in [0.29, 0.717) is 36.2 Å². The van der Waals surface area contributed by atoms with E-state index in [4.69, 9.17) is 23.2 Å². The maximum Gasteiger partial charge on any atom is 0.317 e. The summed E-state index contributed by atoms with van der Waals surface area (Å²) in [5.41, 5.74) is 1.03. The first-order valence-corrected chi connectivity index (χ1v) is 8.77. The van der Waals surface area contributed by atoms with Crippen molar-refractivity contribution >= 4 is 29.2 Å². The fourth-order valence-electron chi connectivity index (χ4n) is 2.31. The highest BCUT2D eigenvalue weighted by atomic mass is 35.5. The molecule has 0 bridgehead atoms. The maximum atomic E-state index is 12.2. The third kappa shape index (κ3) is 4.89. The molecule has 1 aromatic carbocycles. The maximum absolute atomic E-state index is 12.2. The number of hydrogen-bond donors (Lipinski definition) is 1. The first-order chi connectivity index (χ1) is 11.5. The molecular weight excluding hydrogens is 347 g/mol. The average molecular weight is 369 g/mol. The van der Waals surface area contributed by atoms with Crippen LogP contribution in [0.25, 0.3) is 0 Å². The van der Waals surface area contributed by atoms with E-state index in [0.717, 1.165) is 17.8 Å². The molecule has 0 radical (unpaired) electrons. The van der Waals surface area contributed by atoms with E-state index in [1.807, 2.05) is 36.7 Å².